The fourth-order valence-corrected chi connectivity index (χ4v) is 4.54. The first kappa shape index (κ1) is 16.9. The summed E-state index contributed by atoms with van der Waals surface area (Å²) in [7, 11) is -2.13. The van der Waals surface area contributed by atoms with Crippen LogP contribution in [0.25, 0.3) is 4.96 Å². The van der Waals surface area contributed by atoms with E-state index in [-0.39, 0.29) is 20.8 Å². The molecule has 0 radical (unpaired) electrons. The minimum Gasteiger partial charge on any atom is -0.490 e. The summed E-state index contributed by atoms with van der Waals surface area (Å²) in [4.78, 5) is 16.2. The molecule has 0 saturated carbocycles. The smallest absolute Gasteiger partial charge is 0.317 e. The van der Waals surface area contributed by atoms with Crippen LogP contribution < -0.4 is 10.3 Å². The summed E-state index contributed by atoms with van der Waals surface area (Å²) >= 11 is 0.903. The lowest BCUT2D eigenvalue weighted by molar-refractivity contribution is 0.404. The molecule has 0 spiro atoms. The van der Waals surface area contributed by atoms with Crippen LogP contribution in [0.1, 0.15) is 39.0 Å². The second-order valence-corrected chi connectivity index (χ2v) is 8.17. The van der Waals surface area contributed by atoms with E-state index in [0.29, 0.717) is 6.42 Å². The van der Waals surface area contributed by atoms with Crippen LogP contribution in [0.4, 0.5) is 0 Å². The number of rotatable bonds is 8. The standard InChI is InChI=1S/C13H19N3O4S2/c1-3-4-5-6-7-8-22(18,19)13-15-16-11(17)10(20-2)9-14-12(16)21-13/h9H,3-8H2,1-2H3. The number of methoxy groups -OCH3 is 1. The number of fused-ring (bicyclic) bond motifs is 1. The number of aromatic nitrogens is 3. The van der Waals surface area contributed by atoms with Gasteiger partial charge in [-0.05, 0) is 6.42 Å². The Bertz CT molecular complexity index is 795. The highest BCUT2D eigenvalue weighted by atomic mass is 32.2. The second kappa shape index (κ2) is 7.19. The van der Waals surface area contributed by atoms with E-state index in [2.05, 4.69) is 17.0 Å². The van der Waals surface area contributed by atoms with Crippen LogP contribution in [0, 0.1) is 0 Å². The van der Waals surface area contributed by atoms with Gasteiger partial charge in [-0.1, -0.05) is 43.9 Å². The fraction of sp³-hybridized carbons (Fsp3) is 0.615. The quantitative estimate of drug-likeness (QED) is 0.679. The Labute approximate surface area is 132 Å². The Hall–Kier alpha value is -1.48. The Morgan fingerprint density at radius 3 is 2.68 bits per heavy atom. The van der Waals surface area contributed by atoms with E-state index in [1.54, 1.807) is 0 Å². The van der Waals surface area contributed by atoms with Crippen LogP contribution in [-0.2, 0) is 9.84 Å². The summed E-state index contributed by atoms with van der Waals surface area (Å²) in [5.41, 5.74) is -0.506. The number of nitrogens with zero attached hydrogens (tertiary/aromatic N) is 3. The van der Waals surface area contributed by atoms with Gasteiger partial charge in [0, 0.05) is 0 Å². The minimum absolute atomic E-state index is 0.0336. The van der Waals surface area contributed by atoms with E-state index in [1.807, 2.05) is 0 Å². The van der Waals surface area contributed by atoms with Gasteiger partial charge in [0.15, 0.2) is 0 Å². The third-order valence-corrected chi connectivity index (χ3v) is 6.41. The van der Waals surface area contributed by atoms with Gasteiger partial charge < -0.3 is 4.74 Å². The minimum atomic E-state index is -3.48. The first-order chi connectivity index (χ1) is 10.5. The van der Waals surface area contributed by atoms with Gasteiger partial charge in [0.05, 0.1) is 19.1 Å². The van der Waals surface area contributed by atoms with Crippen molar-refractivity contribution < 1.29 is 13.2 Å². The van der Waals surface area contributed by atoms with E-state index >= 15 is 0 Å². The predicted molar refractivity (Wildman–Crippen MR) is 84.5 cm³/mol. The number of sulfone groups is 1. The number of hydrogen-bond acceptors (Lipinski definition) is 7. The molecule has 0 N–H and O–H groups in total. The van der Waals surface area contributed by atoms with Gasteiger partial charge in [0.2, 0.25) is 24.9 Å². The van der Waals surface area contributed by atoms with Gasteiger partial charge in [0.25, 0.3) is 0 Å². The molecule has 0 aromatic carbocycles. The summed E-state index contributed by atoms with van der Waals surface area (Å²) < 4.78 is 30.3. The average molecular weight is 345 g/mol. The van der Waals surface area contributed by atoms with Crippen molar-refractivity contribution in [3.05, 3.63) is 16.6 Å². The molecule has 22 heavy (non-hydrogen) atoms. The molecule has 0 bridgehead atoms. The van der Waals surface area contributed by atoms with Crippen molar-refractivity contribution in [2.45, 2.75) is 43.4 Å². The lowest BCUT2D eigenvalue weighted by Gasteiger charge is -2.00. The van der Waals surface area contributed by atoms with Gasteiger partial charge >= 0.3 is 5.56 Å². The van der Waals surface area contributed by atoms with E-state index in [1.165, 1.54) is 13.3 Å². The molecule has 0 unspecified atom stereocenters. The summed E-state index contributed by atoms with van der Waals surface area (Å²) in [6.07, 6.45) is 6.01. The fourth-order valence-electron chi connectivity index (χ4n) is 2.00. The van der Waals surface area contributed by atoms with Crippen molar-refractivity contribution >= 4 is 26.1 Å². The van der Waals surface area contributed by atoms with Gasteiger partial charge in [-0.3, -0.25) is 4.79 Å². The molecule has 2 aromatic rings. The van der Waals surface area contributed by atoms with Crippen LogP contribution in [-0.4, -0.2) is 35.9 Å². The van der Waals surface area contributed by atoms with Crippen LogP contribution >= 0.6 is 11.3 Å². The van der Waals surface area contributed by atoms with Crippen LogP contribution in [0.5, 0.6) is 5.75 Å². The zero-order chi connectivity index (χ0) is 16.2. The Morgan fingerprint density at radius 2 is 2.00 bits per heavy atom. The van der Waals surface area contributed by atoms with Crippen LogP contribution in [0.15, 0.2) is 15.3 Å². The van der Waals surface area contributed by atoms with Crippen LogP contribution in [0.2, 0.25) is 0 Å². The SMILES string of the molecule is CCCCCCCS(=O)(=O)c1nn2c(=O)c(OC)cnc2s1. The molecular formula is C13H19N3O4S2. The van der Waals surface area contributed by atoms with Gasteiger partial charge in [-0.2, -0.15) is 4.52 Å². The van der Waals surface area contributed by atoms with Crippen LogP contribution in [0.3, 0.4) is 0 Å². The molecule has 122 valence electrons. The molecule has 2 heterocycles. The van der Waals surface area contributed by atoms with Gasteiger partial charge in [0.1, 0.15) is 0 Å². The summed E-state index contributed by atoms with van der Waals surface area (Å²) in [5, 5.41) is 3.90. The topological polar surface area (TPSA) is 90.6 Å². The zero-order valence-electron chi connectivity index (χ0n) is 12.6. The van der Waals surface area contributed by atoms with Gasteiger partial charge in [-0.25, -0.2) is 13.4 Å². The Balaban J connectivity index is 2.19. The largest absolute Gasteiger partial charge is 0.490 e. The molecule has 0 atom stereocenters. The highest BCUT2D eigenvalue weighted by Gasteiger charge is 2.21. The first-order valence-corrected chi connectivity index (χ1v) is 9.62. The molecule has 0 aliphatic heterocycles. The van der Waals surface area contributed by atoms with Gasteiger partial charge in [-0.15, -0.1) is 5.10 Å². The zero-order valence-corrected chi connectivity index (χ0v) is 14.2. The maximum Gasteiger partial charge on any atom is 0.317 e. The Morgan fingerprint density at radius 1 is 1.27 bits per heavy atom. The molecule has 0 aliphatic carbocycles. The predicted octanol–water partition coefficient (Wildman–Crippen LogP) is 1.90. The Kier molecular flexibility index (Phi) is 5.52. The molecule has 0 saturated heterocycles. The summed E-state index contributed by atoms with van der Waals surface area (Å²) in [6, 6.07) is 0. The van der Waals surface area contributed by atoms with E-state index < -0.39 is 15.4 Å². The van der Waals surface area contributed by atoms with Crippen molar-refractivity contribution in [3.8, 4) is 5.75 Å². The molecule has 0 fully saturated rings. The van der Waals surface area contributed by atoms with E-state index in [0.717, 1.165) is 41.5 Å². The lowest BCUT2D eigenvalue weighted by atomic mass is 10.2. The highest BCUT2D eigenvalue weighted by Crippen LogP contribution is 2.20. The molecular weight excluding hydrogens is 326 g/mol. The monoisotopic (exact) mass is 345 g/mol. The maximum absolute atomic E-state index is 12.3. The number of unbranched alkanes of at least 4 members (excludes halogenated alkanes) is 4. The molecule has 2 rings (SSSR count). The van der Waals surface area contributed by atoms with E-state index in [9.17, 15) is 13.2 Å². The molecule has 0 amide bonds. The van der Waals surface area contributed by atoms with Crippen molar-refractivity contribution in [3.63, 3.8) is 0 Å². The number of hydrogen-bond donors (Lipinski definition) is 0. The van der Waals surface area contributed by atoms with Crippen molar-refractivity contribution in [2.24, 2.45) is 0 Å². The normalized spacial score (nSPS) is 11.9. The molecule has 9 heteroatoms. The summed E-state index contributed by atoms with van der Waals surface area (Å²) in [5.74, 6) is 0.0777. The molecule has 2 aromatic heterocycles. The van der Waals surface area contributed by atoms with Crippen molar-refractivity contribution in [2.75, 3.05) is 12.9 Å². The average Bonchev–Trinajstić information content (AvgIpc) is 2.93. The van der Waals surface area contributed by atoms with E-state index in [4.69, 9.17) is 4.74 Å². The maximum atomic E-state index is 12.3. The third kappa shape index (κ3) is 3.64. The summed E-state index contributed by atoms with van der Waals surface area (Å²) in [6.45, 7) is 2.11. The van der Waals surface area contributed by atoms with Crippen molar-refractivity contribution in [1.29, 1.82) is 0 Å². The number of ether oxygens (including phenoxy) is 1. The third-order valence-electron chi connectivity index (χ3n) is 3.24. The highest BCUT2D eigenvalue weighted by molar-refractivity contribution is 7.93. The molecule has 0 aliphatic rings. The lowest BCUT2D eigenvalue weighted by Crippen LogP contribution is -2.17. The second-order valence-electron chi connectivity index (χ2n) is 4.93. The van der Waals surface area contributed by atoms with Crippen molar-refractivity contribution in [1.82, 2.24) is 14.6 Å². The first-order valence-electron chi connectivity index (χ1n) is 7.15. The molecule has 7 nitrogen and oxygen atoms in total.